The number of aromatic amines is 1. The molecule has 0 radical (unpaired) electrons. The Kier molecular flexibility index (Phi) is 8.67. The molecule has 2 aromatic heterocycles. The van der Waals surface area contributed by atoms with Crippen LogP contribution in [0, 0.1) is 0 Å². The van der Waals surface area contributed by atoms with Crippen molar-refractivity contribution in [2.75, 3.05) is 0 Å². The van der Waals surface area contributed by atoms with E-state index in [4.69, 9.17) is 14.4 Å². The topological polar surface area (TPSA) is 108 Å². The fraction of sp³-hybridized carbons (Fsp3) is 0.290. The molecule has 3 aromatic carbocycles. The van der Waals surface area contributed by atoms with E-state index in [0.29, 0.717) is 12.4 Å². The van der Waals surface area contributed by atoms with Gasteiger partial charge in [0.1, 0.15) is 17.2 Å². The number of H-pyrrole nitrogens is 1. The summed E-state index contributed by atoms with van der Waals surface area (Å²) in [5, 5.41) is 8.61. The van der Waals surface area contributed by atoms with Crippen LogP contribution in [0.4, 0.5) is 0 Å². The van der Waals surface area contributed by atoms with Crippen molar-refractivity contribution in [3.8, 4) is 34.0 Å². The number of rotatable bonds is 8. The van der Waals surface area contributed by atoms with E-state index >= 15 is 0 Å². The molecule has 10 heteroatoms. The average Bonchev–Trinajstić information content (AvgIpc) is 3.61. The quantitative estimate of drug-likeness (QED) is 0.272. The predicted octanol–water partition coefficient (Wildman–Crippen LogP) is 4.50. The molecule has 0 spiro atoms. The zero-order valence-corrected chi connectivity index (χ0v) is 22.8. The van der Waals surface area contributed by atoms with Crippen molar-refractivity contribution < 1.29 is 9.26 Å². The summed E-state index contributed by atoms with van der Waals surface area (Å²) in [6.07, 6.45) is 3.47. The molecule has 0 saturated carbocycles. The van der Waals surface area contributed by atoms with Crippen LogP contribution in [-0.4, -0.2) is 81.5 Å². The Bertz CT molecular complexity index is 1800. The first-order chi connectivity index (χ1) is 19.3. The zero-order chi connectivity index (χ0) is 27.9. The molecule has 0 amide bonds. The maximum absolute atomic E-state index is 13.7. The molecule has 1 aliphatic rings. The van der Waals surface area contributed by atoms with E-state index in [1.54, 1.807) is 4.57 Å². The average molecular weight is 578 g/mol. The van der Waals surface area contributed by atoms with Crippen molar-refractivity contribution in [3.05, 3.63) is 105 Å². The van der Waals surface area contributed by atoms with Gasteiger partial charge in [-0.1, -0.05) is 67.0 Å². The summed E-state index contributed by atoms with van der Waals surface area (Å²) in [5.74, 6) is 1.42. The summed E-state index contributed by atoms with van der Waals surface area (Å²) in [7, 11) is 0. The van der Waals surface area contributed by atoms with Gasteiger partial charge in [-0.25, -0.2) is 9.59 Å². The van der Waals surface area contributed by atoms with E-state index in [1.165, 1.54) is 4.68 Å². The van der Waals surface area contributed by atoms with Crippen LogP contribution in [0.15, 0.2) is 80.8 Å². The Hall–Kier alpha value is -3.02. The SMILES string of the molecule is CCCCc1nn(-c2ccc3c(c2)CC(C)(C)O3)c(=O)n1Cc1ccc(-c2ccccc2-c2noc(=O)[nH]2)cc1.[KH]. The molecule has 206 valence electrons. The summed E-state index contributed by atoms with van der Waals surface area (Å²) < 4.78 is 14.0. The van der Waals surface area contributed by atoms with E-state index in [1.807, 2.05) is 66.7 Å². The summed E-state index contributed by atoms with van der Waals surface area (Å²) in [6.45, 7) is 6.68. The summed E-state index contributed by atoms with van der Waals surface area (Å²) >= 11 is 0. The first-order valence-corrected chi connectivity index (χ1v) is 13.6. The Balaban J connectivity index is 0.00000337. The third kappa shape index (κ3) is 6.12. The molecular weight excluding hydrogens is 545 g/mol. The first kappa shape index (κ1) is 29.5. The number of ether oxygens (including phenoxy) is 1. The molecule has 3 heterocycles. The molecule has 0 fully saturated rings. The molecule has 0 unspecified atom stereocenters. The fourth-order valence-corrected chi connectivity index (χ4v) is 5.27. The molecular formula is C31H32KN5O4. The number of benzene rings is 3. The van der Waals surface area contributed by atoms with Gasteiger partial charge in [-0.3, -0.25) is 14.1 Å². The van der Waals surface area contributed by atoms with E-state index in [9.17, 15) is 9.59 Å². The molecule has 5 aromatic rings. The maximum atomic E-state index is 13.7. The van der Waals surface area contributed by atoms with Crippen LogP contribution in [0.25, 0.3) is 28.2 Å². The predicted molar refractivity (Wildman–Crippen MR) is 159 cm³/mol. The molecule has 1 aliphatic heterocycles. The first-order valence-electron chi connectivity index (χ1n) is 13.6. The van der Waals surface area contributed by atoms with Gasteiger partial charge in [0, 0.05) is 24.0 Å². The zero-order valence-electron chi connectivity index (χ0n) is 22.8. The normalized spacial score (nSPS) is 13.4. The second-order valence-corrected chi connectivity index (χ2v) is 10.8. The summed E-state index contributed by atoms with van der Waals surface area (Å²) in [5.41, 5.74) is 5.05. The summed E-state index contributed by atoms with van der Waals surface area (Å²) in [6, 6.07) is 21.6. The minimum absolute atomic E-state index is 0. The third-order valence-corrected chi connectivity index (χ3v) is 7.21. The van der Waals surface area contributed by atoms with Crippen LogP contribution in [0.1, 0.15) is 50.6 Å². The molecule has 1 N–H and O–H groups in total. The van der Waals surface area contributed by atoms with E-state index in [0.717, 1.165) is 70.8 Å². The van der Waals surface area contributed by atoms with Gasteiger partial charge in [-0.05, 0) is 55.2 Å². The van der Waals surface area contributed by atoms with Crippen LogP contribution in [-0.2, 0) is 19.4 Å². The van der Waals surface area contributed by atoms with E-state index < -0.39 is 5.76 Å². The van der Waals surface area contributed by atoms with Gasteiger partial charge in [0.25, 0.3) is 0 Å². The van der Waals surface area contributed by atoms with Crippen molar-refractivity contribution in [1.29, 1.82) is 0 Å². The van der Waals surface area contributed by atoms with Crippen LogP contribution in [0.3, 0.4) is 0 Å². The Labute approximate surface area is 280 Å². The second-order valence-electron chi connectivity index (χ2n) is 10.8. The van der Waals surface area contributed by atoms with Crippen molar-refractivity contribution in [3.63, 3.8) is 0 Å². The minimum atomic E-state index is -0.595. The Morgan fingerprint density at radius 3 is 2.46 bits per heavy atom. The van der Waals surface area contributed by atoms with Gasteiger partial charge in [0.15, 0.2) is 5.82 Å². The molecule has 9 nitrogen and oxygen atoms in total. The number of aromatic nitrogens is 5. The summed E-state index contributed by atoms with van der Waals surface area (Å²) in [4.78, 5) is 27.8. The number of nitrogens with zero attached hydrogens (tertiary/aromatic N) is 4. The van der Waals surface area contributed by atoms with Gasteiger partial charge < -0.3 is 4.74 Å². The van der Waals surface area contributed by atoms with Gasteiger partial charge in [-0.15, -0.1) is 5.10 Å². The monoisotopic (exact) mass is 577 g/mol. The number of hydrogen-bond acceptors (Lipinski definition) is 6. The third-order valence-electron chi connectivity index (χ3n) is 7.21. The van der Waals surface area contributed by atoms with Crippen molar-refractivity contribution >= 4 is 51.4 Å². The van der Waals surface area contributed by atoms with Gasteiger partial charge in [0.05, 0.1) is 12.2 Å². The van der Waals surface area contributed by atoms with Crippen molar-refractivity contribution in [1.82, 2.24) is 24.5 Å². The molecule has 6 rings (SSSR count). The van der Waals surface area contributed by atoms with Crippen molar-refractivity contribution in [2.24, 2.45) is 0 Å². The van der Waals surface area contributed by atoms with Gasteiger partial charge in [0.2, 0.25) is 0 Å². The van der Waals surface area contributed by atoms with Crippen molar-refractivity contribution in [2.45, 2.75) is 58.6 Å². The van der Waals surface area contributed by atoms with Crippen LogP contribution < -0.4 is 16.2 Å². The van der Waals surface area contributed by atoms with Crippen LogP contribution >= 0.6 is 0 Å². The number of aryl methyl sites for hydroxylation is 1. The number of fused-ring (bicyclic) bond motifs is 1. The molecule has 0 aliphatic carbocycles. The fourth-order valence-electron chi connectivity index (χ4n) is 5.27. The number of unbranched alkanes of at least 4 members (excludes halogenated alkanes) is 1. The standard InChI is InChI=1S/C31H31N5O4.K.H/c1-4-5-10-27-33-36(23-15-16-26-22(17-23)18-31(2,3)39-26)30(38)35(27)19-20-11-13-21(14-12-20)24-8-6-7-9-25(24)28-32-29(37)40-34-28;;/h6-9,11-17H,4-5,10,18-19H2,1-3H3,(H,32,34,37);;. The van der Waals surface area contributed by atoms with Gasteiger partial charge >= 0.3 is 62.8 Å². The number of nitrogens with one attached hydrogen (secondary N) is 1. The number of hydrogen-bond donors (Lipinski definition) is 1. The molecule has 0 atom stereocenters. The Morgan fingerprint density at radius 1 is 1.00 bits per heavy atom. The van der Waals surface area contributed by atoms with E-state index in [2.05, 4.69) is 30.9 Å². The second kappa shape index (κ2) is 12.1. The van der Waals surface area contributed by atoms with E-state index in [-0.39, 0.29) is 62.7 Å². The Morgan fingerprint density at radius 2 is 1.76 bits per heavy atom. The van der Waals surface area contributed by atoms with Gasteiger partial charge in [-0.2, -0.15) is 4.68 Å². The van der Waals surface area contributed by atoms with Crippen LogP contribution in [0.5, 0.6) is 5.75 Å². The molecule has 0 saturated heterocycles. The molecule has 0 bridgehead atoms. The van der Waals surface area contributed by atoms with Crippen LogP contribution in [0.2, 0.25) is 0 Å². The molecule has 41 heavy (non-hydrogen) atoms.